The molecule has 0 aromatic carbocycles. The average molecular weight is 475 g/mol. The molecule has 4 rings (SSSR count). The van der Waals surface area contributed by atoms with Crippen molar-refractivity contribution in [1.29, 1.82) is 0 Å². The van der Waals surface area contributed by atoms with E-state index in [-0.39, 0.29) is 6.10 Å². The second-order valence-electron chi connectivity index (χ2n) is 14.5. The highest BCUT2D eigenvalue weighted by Crippen LogP contribution is 2.68. The number of aliphatic hydroxyl groups is 1. The summed E-state index contributed by atoms with van der Waals surface area (Å²) in [7, 11) is 4.36. The number of hydrogen-bond donors (Lipinski definition) is 2. The third-order valence-corrected chi connectivity index (χ3v) is 11.9. The van der Waals surface area contributed by atoms with Crippen molar-refractivity contribution in [2.24, 2.45) is 52.3 Å². The molecule has 0 bridgehead atoms. The zero-order valence-electron chi connectivity index (χ0n) is 23.8. The second-order valence-corrected chi connectivity index (χ2v) is 14.5. The Morgan fingerprint density at radius 1 is 0.882 bits per heavy atom. The maximum Gasteiger partial charge on any atom is 0.0543 e. The highest BCUT2D eigenvalue weighted by Gasteiger charge is 2.62. The van der Waals surface area contributed by atoms with Gasteiger partial charge in [0.2, 0.25) is 0 Å². The Balaban J connectivity index is 1.51. The molecule has 0 aromatic rings. The fraction of sp³-hybridized carbons (Fsp3) is 1.00. The fourth-order valence-electron chi connectivity index (χ4n) is 10.0. The molecule has 0 amide bonds. The summed E-state index contributed by atoms with van der Waals surface area (Å²) in [6.45, 7) is 14.9. The van der Waals surface area contributed by atoms with Gasteiger partial charge in [0.1, 0.15) is 0 Å². The van der Waals surface area contributed by atoms with Crippen LogP contribution in [-0.2, 0) is 0 Å². The van der Waals surface area contributed by atoms with Crippen LogP contribution in [0.1, 0.15) is 105 Å². The molecule has 4 aliphatic carbocycles. The Morgan fingerprint density at radius 2 is 1.59 bits per heavy atom. The lowest BCUT2D eigenvalue weighted by atomic mass is 9.43. The zero-order chi connectivity index (χ0) is 24.7. The van der Waals surface area contributed by atoms with Gasteiger partial charge in [-0.2, -0.15) is 0 Å². The van der Waals surface area contributed by atoms with E-state index in [1.807, 2.05) is 0 Å². The summed E-state index contributed by atoms with van der Waals surface area (Å²) in [5.41, 5.74) is 0.976. The van der Waals surface area contributed by atoms with E-state index in [1.54, 1.807) is 0 Å². The van der Waals surface area contributed by atoms with Crippen LogP contribution in [0.5, 0.6) is 0 Å². The van der Waals surface area contributed by atoms with Gasteiger partial charge in [0.15, 0.2) is 0 Å². The number of fused-ring (bicyclic) bond motifs is 5. The van der Waals surface area contributed by atoms with E-state index in [4.69, 9.17) is 0 Å². The van der Waals surface area contributed by atoms with Crippen molar-refractivity contribution in [3.63, 3.8) is 0 Å². The maximum absolute atomic E-state index is 10.6. The molecule has 0 heterocycles. The van der Waals surface area contributed by atoms with Crippen LogP contribution in [0.15, 0.2) is 0 Å². The Bertz CT molecular complexity index is 664. The van der Waals surface area contributed by atoms with Crippen molar-refractivity contribution in [2.45, 2.75) is 117 Å². The van der Waals surface area contributed by atoms with Gasteiger partial charge in [0.25, 0.3) is 0 Å². The van der Waals surface area contributed by atoms with Gasteiger partial charge in [-0.25, -0.2) is 0 Å². The van der Waals surface area contributed by atoms with E-state index in [1.165, 1.54) is 57.8 Å². The molecule has 3 unspecified atom stereocenters. The van der Waals surface area contributed by atoms with Crippen molar-refractivity contribution in [2.75, 3.05) is 27.2 Å². The number of rotatable bonds is 9. The number of likely N-dealkylation sites (N-methyl/N-ethyl adjacent to an activating group) is 1. The first kappa shape index (κ1) is 26.9. The molecule has 4 aliphatic rings. The minimum absolute atomic E-state index is 0.0795. The van der Waals surface area contributed by atoms with Crippen LogP contribution >= 0.6 is 0 Å². The van der Waals surface area contributed by atoms with Crippen LogP contribution in [-0.4, -0.2) is 49.3 Å². The summed E-state index contributed by atoms with van der Waals surface area (Å²) in [4.78, 5) is 2.30. The van der Waals surface area contributed by atoms with Crippen molar-refractivity contribution in [1.82, 2.24) is 10.2 Å². The molecule has 3 heteroatoms. The molecule has 198 valence electrons. The average Bonchev–Trinajstić information content (AvgIpc) is 3.11. The van der Waals surface area contributed by atoms with E-state index in [0.29, 0.717) is 22.8 Å². The Hall–Kier alpha value is -0.120. The zero-order valence-corrected chi connectivity index (χ0v) is 23.8. The molecule has 0 aliphatic heterocycles. The molecule has 3 nitrogen and oxygen atoms in total. The summed E-state index contributed by atoms with van der Waals surface area (Å²) in [6.07, 6.45) is 14.7. The van der Waals surface area contributed by atoms with Crippen molar-refractivity contribution >= 4 is 0 Å². The summed E-state index contributed by atoms with van der Waals surface area (Å²) in [6, 6.07) is 0.589. The van der Waals surface area contributed by atoms with E-state index in [2.05, 4.69) is 58.9 Å². The van der Waals surface area contributed by atoms with Crippen LogP contribution in [0.2, 0.25) is 0 Å². The number of nitrogens with one attached hydrogen (secondary N) is 1. The monoisotopic (exact) mass is 474 g/mol. The lowest BCUT2D eigenvalue weighted by Crippen LogP contribution is -2.61. The Labute approximate surface area is 212 Å². The molecule has 0 aromatic heterocycles. The van der Waals surface area contributed by atoms with Gasteiger partial charge in [-0.3, -0.25) is 0 Å². The Morgan fingerprint density at radius 3 is 2.29 bits per heavy atom. The second kappa shape index (κ2) is 10.7. The summed E-state index contributed by atoms with van der Waals surface area (Å²) < 4.78 is 0. The van der Waals surface area contributed by atoms with E-state index >= 15 is 0 Å². The molecular weight excluding hydrogens is 416 g/mol. The molecule has 0 radical (unpaired) electrons. The summed E-state index contributed by atoms with van der Waals surface area (Å²) in [5.74, 6) is 6.00. The topological polar surface area (TPSA) is 35.5 Å². The standard InChI is InChI=1S/C31H58N2O/c1-21(2)9-8-10-22(3)25-11-12-26-24-20-29(32-17-18-33(6)7)28-19-23(34)13-15-31(28,5)27(24)14-16-30(25,26)4/h21-29,32,34H,8-20H2,1-7H3/t22-,23?,24+,25-,26+,27+,28?,29?,30-,31-/m1/s1. The molecule has 0 saturated heterocycles. The quantitative estimate of drug-likeness (QED) is 0.395. The van der Waals surface area contributed by atoms with Gasteiger partial charge < -0.3 is 15.3 Å². The number of aliphatic hydroxyl groups excluding tert-OH is 1. The van der Waals surface area contributed by atoms with Gasteiger partial charge in [0, 0.05) is 19.1 Å². The van der Waals surface area contributed by atoms with Crippen LogP contribution in [0, 0.1) is 52.3 Å². The molecule has 10 atom stereocenters. The Kier molecular flexibility index (Phi) is 8.48. The highest BCUT2D eigenvalue weighted by atomic mass is 16.3. The smallest absolute Gasteiger partial charge is 0.0543 e. The molecule has 34 heavy (non-hydrogen) atoms. The molecule has 4 saturated carbocycles. The van der Waals surface area contributed by atoms with Gasteiger partial charge in [-0.15, -0.1) is 0 Å². The first-order chi connectivity index (χ1) is 16.1. The SMILES string of the molecule is CC(C)CCC[C@@H](C)[C@H]1CC[C@H]2[C@@H]3CC(NCCN(C)C)C4CC(O)CC[C@]4(C)[C@H]3CC[C@]12C. The minimum atomic E-state index is -0.0795. The lowest BCUT2D eigenvalue weighted by Gasteiger charge is -2.63. The fourth-order valence-corrected chi connectivity index (χ4v) is 10.0. The molecule has 4 fully saturated rings. The predicted molar refractivity (Wildman–Crippen MR) is 145 cm³/mol. The van der Waals surface area contributed by atoms with Gasteiger partial charge in [-0.1, -0.05) is 53.9 Å². The van der Waals surface area contributed by atoms with Crippen LogP contribution in [0.3, 0.4) is 0 Å². The third kappa shape index (κ3) is 5.14. The summed E-state index contributed by atoms with van der Waals surface area (Å²) in [5, 5.41) is 14.7. The van der Waals surface area contributed by atoms with Crippen LogP contribution in [0.4, 0.5) is 0 Å². The number of nitrogens with zero attached hydrogens (tertiary/aromatic N) is 1. The van der Waals surface area contributed by atoms with Crippen molar-refractivity contribution in [3.8, 4) is 0 Å². The maximum atomic E-state index is 10.6. The minimum Gasteiger partial charge on any atom is -0.393 e. The van der Waals surface area contributed by atoms with E-state index < -0.39 is 0 Å². The predicted octanol–water partition coefficient (Wildman–Crippen LogP) is 6.60. The normalized spacial score (nSPS) is 45.2. The molecule has 2 N–H and O–H groups in total. The van der Waals surface area contributed by atoms with Crippen molar-refractivity contribution < 1.29 is 5.11 Å². The van der Waals surface area contributed by atoms with E-state index in [9.17, 15) is 5.11 Å². The summed E-state index contributed by atoms with van der Waals surface area (Å²) >= 11 is 0. The molecule has 0 spiro atoms. The largest absolute Gasteiger partial charge is 0.393 e. The first-order valence-corrected chi connectivity index (χ1v) is 15.1. The molecular formula is C31H58N2O. The van der Waals surface area contributed by atoms with Gasteiger partial charge in [-0.05, 0) is 118 Å². The third-order valence-electron chi connectivity index (χ3n) is 11.9. The van der Waals surface area contributed by atoms with Crippen LogP contribution < -0.4 is 5.32 Å². The highest BCUT2D eigenvalue weighted by molar-refractivity contribution is 5.12. The van der Waals surface area contributed by atoms with Gasteiger partial charge >= 0.3 is 0 Å². The van der Waals surface area contributed by atoms with Crippen molar-refractivity contribution in [3.05, 3.63) is 0 Å². The lowest BCUT2D eigenvalue weighted by molar-refractivity contribution is -0.141. The van der Waals surface area contributed by atoms with E-state index in [0.717, 1.165) is 61.4 Å². The van der Waals surface area contributed by atoms with Crippen LogP contribution in [0.25, 0.3) is 0 Å². The van der Waals surface area contributed by atoms with Gasteiger partial charge in [0.05, 0.1) is 6.10 Å². The first-order valence-electron chi connectivity index (χ1n) is 15.1. The number of hydrogen-bond acceptors (Lipinski definition) is 3.